The summed E-state index contributed by atoms with van der Waals surface area (Å²) in [6, 6.07) is 0.610. The molecule has 0 aliphatic carbocycles. The third-order valence-corrected chi connectivity index (χ3v) is 4.58. The van der Waals surface area contributed by atoms with Crippen LogP contribution < -0.4 is 5.32 Å². The lowest BCUT2D eigenvalue weighted by Gasteiger charge is -2.35. The third-order valence-electron chi connectivity index (χ3n) is 2.79. The molecule has 0 bridgehead atoms. The van der Waals surface area contributed by atoms with Gasteiger partial charge in [-0.25, -0.2) is 8.42 Å². The highest BCUT2D eigenvalue weighted by Gasteiger charge is 2.21. The van der Waals surface area contributed by atoms with Crippen molar-refractivity contribution in [3.8, 4) is 0 Å². The van der Waals surface area contributed by atoms with Crippen molar-refractivity contribution >= 4 is 9.84 Å². The molecule has 5 heteroatoms. The van der Waals surface area contributed by atoms with E-state index in [9.17, 15) is 8.42 Å². The van der Waals surface area contributed by atoms with E-state index in [1.165, 1.54) is 0 Å². The predicted molar refractivity (Wildman–Crippen MR) is 58.2 cm³/mol. The van der Waals surface area contributed by atoms with E-state index in [4.69, 9.17) is 0 Å². The molecule has 14 heavy (non-hydrogen) atoms. The zero-order valence-electron chi connectivity index (χ0n) is 8.99. The minimum Gasteiger partial charge on any atom is -0.314 e. The lowest BCUT2D eigenvalue weighted by Crippen LogP contribution is -2.56. The fourth-order valence-electron chi connectivity index (χ4n) is 1.45. The number of likely N-dealkylation sites (N-methyl/N-ethyl adjacent to an activating group) is 1. The average Bonchev–Trinajstić information content (AvgIpc) is 2.01. The first-order valence-corrected chi connectivity index (χ1v) is 6.98. The Morgan fingerprint density at radius 1 is 1.43 bits per heavy atom. The SMILES string of the molecule is CCS(=O)(=O)CCCN(C)C1CNC1. The summed E-state index contributed by atoms with van der Waals surface area (Å²) in [5.74, 6) is 0.593. The number of nitrogens with zero attached hydrogens (tertiary/aromatic N) is 1. The van der Waals surface area contributed by atoms with E-state index in [1.807, 2.05) is 0 Å². The van der Waals surface area contributed by atoms with Gasteiger partial charge in [-0.05, 0) is 20.0 Å². The Morgan fingerprint density at radius 3 is 2.50 bits per heavy atom. The minimum atomic E-state index is -2.77. The third kappa shape index (κ3) is 3.55. The van der Waals surface area contributed by atoms with Crippen LogP contribution >= 0.6 is 0 Å². The number of sulfone groups is 1. The Hall–Kier alpha value is -0.130. The van der Waals surface area contributed by atoms with Gasteiger partial charge in [0.1, 0.15) is 9.84 Å². The number of nitrogens with one attached hydrogen (secondary N) is 1. The van der Waals surface area contributed by atoms with Gasteiger partial charge in [0.25, 0.3) is 0 Å². The summed E-state index contributed by atoms with van der Waals surface area (Å²) >= 11 is 0. The second kappa shape index (κ2) is 5.09. The molecule has 1 fully saturated rings. The zero-order valence-corrected chi connectivity index (χ0v) is 9.81. The summed E-state index contributed by atoms with van der Waals surface area (Å²) in [6.45, 7) is 4.66. The van der Waals surface area contributed by atoms with Crippen molar-refractivity contribution in [2.75, 3.05) is 38.2 Å². The van der Waals surface area contributed by atoms with Crippen LogP contribution in [-0.2, 0) is 9.84 Å². The van der Waals surface area contributed by atoms with E-state index in [-0.39, 0.29) is 5.75 Å². The summed E-state index contributed by atoms with van der Waals surface area (Å²) < 4.78 is 22.4. The standard InChI is InChI=1S/C9H20N2O2S/c1-3-14(12,13)6-4-5-11(2)9-7-10-8-9/h9-10H,3-8H2,1-2H3. The van der Waals surface area contributed by atoms with Crippen LogP contribution in [0.2, 0.25) is 0 Å². The van der Waals surface area contributed by atoms with Crippen molar-refractivity contribution < 1.29 is 8.42 Å². The molecule has 0 aromatic rings. The largest absolute Gasteiger partial charge is 0.314 e. The van der Waals surface area contributed by atoms with E-state index < -0.39 is 9.84 Å². The van der Waals surface area contributed by atoms with Gasteiger partial charge in [0.05, 0.1) is 5.75 Å². The predicted octanol–water partition coefficient (Wildman–Crippen LogP) is -0.285. The smallest absolute Gasteiger partial charge is 0.150 e. The van der Waals surface area contributed by atoms with Gasteiger partial charge in [-0.1, -0.05) is 6.92 Å². The number of rotatable bonds is 6. The molecule has 0 radical (unpaired) electrons. The van der Waals surface area contributed by atoms with E-state index in [1.54, 1.807) is 6.92 Å². The number of hydrogen-bond acceptors (Lipinski definition) is 4. The van der Waals surface area contributed by atoms with Crippen LogP contribution in [0.4, 0.5) is 0 Å². The molecule has 0 unspecified atom stereocenters. The van der Waals surface area contributed by atoms with Crippen molar-refractivity contribution in [3.05, 3.63) is 0 Å². The van der Waals surface area contributed by atoms with Crippen LogP contribution in [0, 0.1) is 0 Å². The quantitative estimate of drug-likeness (QED) is 0.668. The van der Waals surface area contributed by atoms with Crippen molar-refractivity contribution in [1.29, 1.82) is 0 Å². The summed E-state index contributed by atoms with van der Waals surface area (Å²) in [5.41, 5.74) is 0. The molecule has 1 saturated heterocycles. The van der Waals surface area contributed by atoms with Gasteiger partial charge in [0.2, 0.25) is 0 Å². The van der Waals surface area contributed by atoms with Gasteiger partial charge < -0.3 is 10.2 Å². The normalized spacial score (nSPS) is 18.5. The van der Waals surface area contributed by atoms with E-state index in [0.717, 1.165) is 26.1 Å². The molecule has 0 aromatic heterocycles. The molecule has 1 rings (SSSR count). The summed E-state index contributed by atoms with van der Waals surface area (Å²) in [5, 5.41) is 3.20. The van der Waals surface area contributed by atoms with Gasteiger partial charge >= 0.3 is 0 Å². The Bertz CT molecular complexity index is 260. The lowest BCUT2D eigenvalue weighted by molar-refractivity contribution is 0.181. The van der Waals surface area contributed by atoms with Crippen LogP contribution in [0.1, 0.15) is 13.3 Å². The van der Waals surface area contributed by atoms with E-state index in [0.29, 0.717) is 11.8 Å². The van der Waals surface area contributed by atoms with Gasteiger partial charge in [-0.15, -0.1) is 0 Å². The molecule has 1 aliphatic rings. The molecular formula is C9H20N2O2S. The topological polar surface area (TPSA) is 49.4 Å². The van der Waals surface area contributed by atoms with Crippen LogP contribution in [0.25, 0.3) is 0 Å². The molecule has 1 aliphatic heterocycles. The molecule has 0 amide bonds. The maximum Gasteiger partial charge on any atom is 0.150 e. The van der Waals surface area contributed by atoms with Gasteiger partial charge in [-0.2, -0.15) is 0 Å². The van der Waals surface area contributed by atoms with Crippen LogP contribution in [0.3, 0.4) is 0 Å². The monoisotopic (exact) mass is 220 g/mol. The van der Waals surface area contributed by atoms with E-state index >= 15 is 0 Å². The molecule has 1 N–H and O–H groups in total. The molecule has 4 nitrogen and oxygen atoms in total. The zero-order chi connectivity index (χ0) is 10.6. The van der Waals surface area contributed by atoms with Crippen molar-refractivity contribution in [1.82, 2.24) is 10.2 Å². The molecule has 0 spiro atoms. The van der Waals surface area contributed by atoms with Gasteiger partial charge in [0, 0.05) is 24.9 Å². The molecule has 1 heterocycles. The Kier molecular flexibility index (Phi) is 4.34. The molecule has 0 aromatic carbocycles. The second-order valence-electron chi connectivity index (χ2n) is 3.88. The number of hydrogen-bond donors (Lipinski definition) is 1. The molecule has 84 valence electrons. The average molecular weight is 220 g/mol. The van der Waals surface area contributed by atoms with Gasteiger partial charge in [0.15, 0.2) is 0 Å². The maximum atomic E-state index is 11.2. The van der Waals surface area contributed by atoms with Crippen molar-refractivity contribution in [2.24, 2.45) is 0 Å². The van der Waals surface area contributed by atoms with Crippen LogP contribution in [-0.4, -0.2) is 57.5 Å². The van der Waals surface area contributed by atoms with Gasteiger partial charge in [-0.3, -0.25) is 0 Å². The van der Waals surface area contributed by atoms with Crippen LogP contribution in [0.5, 0.6) is 0 Å². The Balaban J connectivity index is 2.14. The molecular weight excluding hydrogens is 200 g/mol. The molecule has 0 saturated carbocycles. The summed E-state index contributed by atoms with van der Waals surface area (Å²) in [4.78, 5) is 2.24. The molecule has 0 atom stereocenters. The lowest BCUT2D eigenvalue weighted by atomic mass is 10.1. The highest BCUT2D eigenvalue weighted by Crippen LogP contribution is 2.03. The highest BCUT2D eigenvalue weighted by molar-refractivity contribution is 7.91. The summed E-state index contributed by atoms with van der Waals surface area (Å²) in [7, 11) is -0.712. The fraction of sp³-hybridized carbons (Fsp3) is 1.00. The maximum absolute atomic E-state index is 11.2. The second-order valence-corrected chi connectivity index (χ2v) is 6.36. The Morgan fingerprint density at radius 2 is 2.07 bits per heavy atom. The summed E-state index contributed by atoms with van der Waals surface area (Å²) in [6.07, 6.45) is 0.753. The van der Waals surface area contributed by atoms with E-state index in [2.05, 4.69) is 17.3 Å². The first kappa shape index (κ1) is 11.9. The fourth-order valence-corrected chi connectivity index (χ4v) is 2.30. The Labute approximate surface area is 86.6 Å². The van der Waals surface area contributed by atoms with Crippen molar-refractivity contribution in [3.63, 3.8) is 0 Å². The van der Waals surface area contributed by atoms with Crippen molar-refractivity contribution in [2.45, 2.75) is 19.4 Å². The van der Waals surface area contributed by atoms with Crippen LogP contribution in [0.15, 0.2) is 0 Å². The highest BCUT2D eigenvalue weighted by atomic mass is 32.2. The minimum absolute atomic E-state index is 0.266. The first-order valence-electron chi connectivity index (χ1n) is 5.16. The first-order chi connectivity index (χ1) is 6.55.